The highest BCUT2D eigenvalue weighted by molar-refractivity contribution is 5.94. The van der Waals surface area contributed by atoms with Gasteiger partial charge in [0.1, 0.15) is 5.69 Å². The van der Waals surface area contributed by atoms with Gasteiger partial charge in [0, 0.05) is 44.6 Å². The summed E-state index contributed by atoms with van der Waals surface area (Å²) in [6.45, 7) is 4.54. The maximum atomic E-state index is 10.0. The van der Waals surface area contributed by atoms with Crippen molar-refractivity contribution in [2.45, 2.75) is 51.2 Å². The lowest BCUT2D eigenvalue weighted by Crippen LogP contribution is -2.35. The quantitative estimate of drug-likeness (QED) is 0.572. The first-order chi connectivity index (χ1) is 15.5. The summed E-state index contributed by atoms with van der Waals surface area (Å²) in [5, 5.41) is 26.1. The van der Waals surface area contributed by atoms with E-state index in [2.05, 4.69) is 14.9 Å². The van der Waals surface area contributed by atoms with E-state index in [-0.39, 0.29) is 5.69 Å². The Bertz CT molecular complexity index is 1100. The number of pyridine rings is 2. The van der Waals surface area contributed by atoms with E-state index in [0.717, 1.165) is 73.5 Å². The Labute approximate surface area is 187 Å². The van der Waals surface area contributed by atoms with Crippen molar-refractivity contribution in [2.75, 3.05) is 31.7 Å². The van der Waals surface area contributed by atoms with Gasteiger partial charge in [0.15, 0.2) is 11.9 Å². The number of methoxy groups -OCH3 is 1. The SMILES string of the molecule is COCC1CCN(c2cc(C(O)O)nc3c2c(C2CCC2)nn3-c2ccnc(C)c2)CC1. The molecule has 1 saturated carbocycles. The minimum atomic E-state index is -1.64. The predicted molar refractivity (Wildman–Crippen MR) is 122 cm³/mol. The van der Waals surface area contributed by atoms with Crippen LogP contribution in [0.2, 0.25) is 0 Å². The molecule has 0 spiro atoms. The summed E-state index contributed by atoms with van der Waals surface area (Å²) in [5.74, 6) is 0.975. The lowest BCUT2D eigenvalue weighted by molar-refractivity contribution is -0.0456. The number of piperidine rings is 1. The summed E-state index contributed by atoms with van der Waals surface area (Å²) in [6, 6.07) is 5.75. The molecule has 8 nitrogen and oxygen atoms in total. The van der Waals surface area contributed by atoms with Gasteiger partial charge in [-0.1, -0.05) is 6.42 Å². The van der Waals surface area contributed by atoms with Crippen molar-refractivity contribution in [2.24, 2.45) is 5.92 Å². The zero-order chi connectivity index (χ0) is 22.2. The van der Waals surface area contributed by atoms with E-state index in [0.29, 0.717) is 17.5 Å². The molecule has 0 radical (unpaired) electrons. The zero-order valence-electron chi connectivity index (χ0n) is 18.7. The van der Waals surface area contributed by atoms with E-state index < -0.39 is 6.29 Å². The fourth-order valence-corrected chi connectivity index (χ4v) is 4.91. The monoisotopic (exact) mass is 437 g/mol. The van der Waals surface area contributed by atoms with Gasteiger partial charge in [0.05, 0.1) is 22.5 Å². The van der Waals surface area contributed by atoms with E-state index in [1.54, 1.807) is 13.3 Å². The number of aryl methyl sites for hydroxylation is 1. The lowest BCUT2D eigenvalue weighted by Gasteiger charge is -2.34. The summed E-state index contributed by atoms with van der Waals surface area (Å²) in [6.07, 6.45) is 5.69. The molecule has 8 heteroatoms. The van der Waals surface area contributed by atoms with Crippen molar-refractivity contribution < 1.29 is 14.9 Å². The first-order valence-electron chi connectivity index (χ1n) is 11.5. The van der Waals surface area contributed by atoms with Gasteiger partial charge in [0.2, 0.25) is 0 Å². The predicted octanol–water partition coefficient (Wildman–Crippen LogP) is 3.24. The van der Waals surface area contributed by atoms with Crippen LogP contribution in [-0.2, 0) is 4.74 Å². The summed E-state index contributed by atoms with van der Waals surface area (Å²) >= 11 is 0. The maximum Gasteiger partial charge on any atom is 0.196 e. The second-order valence-electron chi connectivity index (χ2n) is 9.10. The van der Waals surface area contributed by atoms with Gasteiger partial charge in [-0.2, -0.15) is 5.10 Å². The molecular weight excluding hydrogens is 406 g/mol. The third-order valence-corrected chi connectivity index (χ3v) is 6.90. The fourth-order valence-electron chi connectivity index (χ4n) is 4.91. The van der Waals surface area contributed by atoms with Crippen LogP contribution in [0.5, 0.6) is 0 Å². The number of nitrogens with zero attached hydrogens (tertiary/aromatic N) is 5. The number of anilines is 1. The first-order valence-corrected chi connectivity index (χ1v) is 11.5. The highest BCUT2D eigenvalue weighted by atomic mass is 16.5. The molecule has 0 aromatic carbocycles. The van der Waals surface area contributed by atoms with Crippen LogP contribution in [0, 0.1) is 12.8 Å². The van der Waals surface area contributed by atoms with E-state index in [9.17, 15) is 10.2 Å². The van der Waals surface area contributed by atoms with Crippen LogP contribution < -0.4 is 4.90 Å². The highest BCUT2D eigenvalue weighted by Gasteiger charge is 2.31. The number of hydrogen-bond donors (Lipinski definition) is 2. The molecule has 3 aromatic heterocycles. The summed E-state index contributed by atoms with van der Waals surface area (Å²) < 4.78 is 7.22. The molecule has 1 aliphatic heterocycles. The van der Waals surface area contributed by atoms with Crippen molar-refractivity contribution in [3.05, 3.63) is 41.5 Å². The summed E-state index contributed by atoms with van der Waals surface area (Å²) in [4.78, 5) is 11.3. The second kappa shape index (κ2) is 8.77. The highest BCUT2D eigenvalue weighted by Crippen LogP contribution is 2.43. The Hall–Kier alpha value is -2.55. The molecule has 1 aliphatic carbocycles. The van der Waals surface area contributed by atoms with Crippen molar-refractivity contribution in [3.63, 3.8) is 0 Å². The maximum absolute atomic E-state index is 10.0. The average molecular weight is 438 g/mol. The van der Waals surface area contributed by atoms with Gasteiger partial charge < -0.3 is 19.8 Å². The average Bonchev–Trinajstić information content (AvgIpc) is 3.12. The van der Waals surface area contributed by atoms with Crippen LogP contribution in [0.1, 0.15) is 61.4 Å². The Morgan fingerprint density at radius 2 is 1.94 bits per heavy atom. The third-order valence-electron chi connectivity index (χ3n) is 6.90. The largest absolute Gasteiger partial charge is 0.384 e. The van der Waals surface area contributed by atoms with Crippen molar-refractivity contribution in [1.82, 2.24) is 19.7 Å². The second-order valence-corrected chi connectivity index (χ2v) is 9.10. The van der Waals surface area contributed by atoms with E-state index in [1.165, 1.54) is 6.42 Å². The first kappa shape index (κ1) is 21.3. The molecule has 0 bridgehead atoms. The molecule has 0 unspecified atom stereocenters. The van der Waals surface area contributed by atoms with Crippen molar-refractivity contribution in [1.29, 1.82) is 0 Å². The fraction of sp³-hybridized carbons (Fsp3) is 0.542. The number of hydrogen-bond acceptors (Lipinski definition) is 7. The molecule has 2 fully saturated rings. The van der Waals surface area contributed by atoms with Crippen LogP contribution in [0.3, 0.4) is 0 Å². The van der Waals surface area contributed by atoms with E-state index in [4.69, 9.17) is 9.84 Å². The Morgan fingerprint density at radius 1 is 1.16 bits per heavy atom. The van der Waals surface area contributed by atoms with Gasteiger partial charge in [-0.25, -0.2) is 9.67 Å². The Kier molecular flexibility index (Phi) is 5.84. The van der Waals surface area contributed by atoms with E-state index >= 15 is 0 Å². The molecule has 2 N–H and O–H groups in total. The minimum absolute atomic E-state index is 0.249. The summed E-state index contributed by atoms with van der Waals surface area (Å²) in [7, 11) is 1.76. The smallest absolute Gasteiger partial charge is 0.196 e. The standard InChI is InChI=1S/C24H31N5O3/c1-15-12-18(6-9-25-15)29-23-21(22(27-29)17-4-3-5-17)20(13-19(26-23)24(30)31)28-10-7-16(8-11-28)14-32-2/h6,9,12-13,16-17,24,30-31H,3-5,7-8,10-11,14H2,1-2H3. The number of aromatic nitrogens is 4. The van der Waals surface area contributed by atoms with Crippen LogP contribution in [0.25, 0.3) is 16.7 Å². The summed E-state index contributed by atoms with van der Waals surface area (Å²) in [5.41, 5.74) is 4.79. The van der Waals surface area contributed by atoms with Gasteiger partial charge in [0.25, 0.3) is 0 Å². The molecule has 32 heavy (non-hydrogen) atoms. The number of rotatable bonds is 6. The molecule has 0 amide bonds. The van der Waals surface area contributed by atoms with E-state index in [1.807, 2.05) is 29.8 Å². The Morgan fingerprint density at radius 3 is 2.56 bits per heavy atom. The molecule has 2 aliphatic rings. The van der Waals surface area contributed by atoms with Crippen LogP contribution in [-0.4, -0.2) is 56.8 Å². The number of ether oxygens (including phenoxy) is 1. The molecule has 3 aromatic rings. The normalized spacial score (nSPS) is 18.0. The molecule has 170 valence electrons. The van der Waals surface area contributed by atoms with Gasteiger partial charge >= 0.3 is 0 Å². The van der Waals surface area contributed by atoms with Gasteiger partial charge in [-0.3, -0.25) is 4.98 Å². The number of fused-ring (bicyclic) bond motifs is 1. The molecule has 5 rings (SSSR count). The zero-order valence-corrected chi connectivity index (χ0v) is 18.7. The number of aliphatic hydroxyl groups is 2. The molecular formula is C24H31N5O3. The van der Waals surface area contributed by atoms with Crippen LogP contribution >= 0.6 is 0 Å². The Balaban J connectivity index is 1.67. The topological polar surface area (TPSA) is 96.5 Å². The third kappa shape index (κ3) is 3.87. The van der Waals surface area contributed by atoms with Gasteiger partial charge in [-0.05, 0) is 56.7 Å². The molecule has 1 saturated heterocycles. The van der Waals surface area contributed by atoms with Crippen molar-refractivity contribution in [3.8, 4) is 5.69 Å². The molecule has 0 atom stereocenters. The van der Waals surface area contributed by atoms with Gasteiger partial charge in [-0.15, -0.1) is 0 Å². The van der Waals surface area contributed by atoms with Crippen LogP contribution in [0.15, 0.2) is 24.4 Å². The molecule has 4 heterocycles. The lowest BCUT2D eigenvalue weighted by atomic mass is 9.82. The number of aliphatic hydroxyl groups excluding tert-OH is 1. The van der Waals surface area contributed by atoms with Crippen molar-refractivity contribution >= 4 is 16.7 Å². The van der Waals surface area contributed by atoms with Crippen LogP contribution in [0.4, 0.5) is 5.69 Å². The minimum Gasteiger partial charge on any atom is -0.384 e.